The van der Waals surface area contributed by atoms with E-state index in [1.165, 1.54) is 0 Å². The molecule has 2 aliphatic heterocycles. The number of hydrogen-bond donors (Lipinski definition) is 1. The number of rotatable bonds is 2. The van der Waals surface area contributed by atoms with Gasteiger partial charge in [-0.2, -0.15) is 0 Å². The Morgan fingerprint density at radius 3 is 2.73 bits per heavy atom. The van der Waals surface area contributed by atoms with Crippen LogP contribution in [0.2, 0.25) is 0 Å². The molecule has 6 heteroatoms. The Balaban J connectivity index is 2.15. The molecule has 0 bridgehead atoms. The fraction of sp³-hybridized carbons (Fsp3) is 0.889. The lowest BCUT2D eigenvalue weighted by Crippen LogP contribution is -2.39. The lowest BCUT2D eigenvalue weighted by molar-refractivity contribution is 0.199. The first kappa shape index (κ1) is 10.7. The molecule has 2 saturated heterocycles. The molecule has 0 radical (unpaired) electrons. The van der Waals surface area contributed by atoms with Gasteiger partial charge in [0.1, 0.15) is 0 Å². The Morgan fingerprint density at radius 2 is 2.13 bits per heavy atom. The van der Waals surface area contributed by atoms with Gasteiger partial charge in [0.2, 0.25) is 0 Å². The number of nitrogens with zero attached hydrogens (tertiary/aromatic N) is 1. The van der Waals surface area contributed by atoms with Crippen LogP contribution < -0.4 is 5.32 Å². The van der Waals surface area contributed by atoms with Gasteiger partial charge in [0.05, 0.1) is 23.6 Å². The summed E-state index contributed by atoms with van der Waals surface area (Å²) in [7, 11) is -2.95. The first-order chi connectivity index (χ1) is 6.89. The zero-order chi connectivity index (χ0) is 11.2. The van der Waals surface area contributed by atoms with Crippen molar-refractivity contribution < 1.29 is 13.2 Å². The number of hydrogen-bond acceptors (Lipinski definition) is 3. The Kier molecular flexibility index (Phi) is 2.41. The standard InChI is InChI=1S/C9H16N2O3S/c1-6(2)3-11-8-5-15(13,14)4-7(8)10-9(11)12/h6-8H,3-5H2,1-2H3,(H,10,12). The number of nitrogens with one attached hydrogen (secondary N) is 1. The molecule has 2 unspecified atom stereocenters. The van der Waals surface area contributed by atoms with Gasteiger partial charge in [-0.3, -0.25) is 0 Å². The van der Waals surface area contributed by atoms with Crippen LogP contribution in [-0.4, -0.2) is 49.5 Å². The second-order valence-corrected chi connectivity index (χ2v) is 6.90. The largest absolute Gasteiger partial charge is 0.332 e. The first-order valence-corrected chi connectivity index (χ1v) is 6.99. The van der Waals surface area contributed by atoms with Crippen molar-refractivity contribution in [2.24, 2.45) is 5.92 Å². The fourth-order valence-electron chi connectivity index (χ4n) is 2.28. The van der Waals surface area contributed by atoms with Gasteiger partial charge >= 0.3 is 6.03 Å². The van der Waals surface area contributed by atoms with E-state index in [0.29, 0.717) is 12.5 Å². The smallest absolute Gasteiger partial charge is 0.318 e. The van der Waals surface area contributed by atoms with Gasteiger partial charge < -0.3 is 10.2 Å². The highest BCUT2D eigenvalue weighted by Gasteiger charge is 2.48. The number of carbonyl (C=O) groups is 1. The third kappa shape index (κ3) is 1.95. The van der Waals surface area contributed by atoms with Crippen molar-refractivity contribution >= 4 is 15.9 Å². The third-order valence-corrected chi connectivity index (χ3v) is 4.57. The lowest BCUT2D eigenvalue weighted by Gasteiger charge is -2.22. The molecule has 0 aromatic rings. The van der Waals surface area contributed by atoms with Crippen molar-refractivity contribution in [2.45, 2.75) is 25.9 Å². The van der Waals surface area contributed by atoms with Crippen molar-refractivity contribution in [1.29, 1.82) is 0 Å². The molecular weight excluding hydrogens is 216 g/mol. The SMILES string of the molecule is CC(C)CN1C(=O)NC2CS(=O)(=O)CC21. The highest BCUT2D eigenvalue weighted by molar-refractivity contribution is 7.91. The summed E-state index contributed by atoms with van der Waals surface area (Å²) in [5.74, 6) is 0.569. The van der Waals surface area contributed by atoms with E-state index in [0.717, 1.165) is 0 Å². The maximum Gasteiger partial charge on any atom is 0.318 e. The summed E-state index contributed by atoms with van der Waals surface area (Å²) >= 11 is 0. The van der Waals surface area contributed by atoms with Crippen LogP contribution in [0.5, 0.6) is 0 Å². The molecule has 5 nitrogen and oxygen atoms in total. The molecule has 2 aliphatic rings. The summed E-state index contributed by atoms with van der Waals surface area (Å²) in [6.07, 6.45) is 0. The van der Waals surface area contributed by atoms with Crippen LogP contribution >= 0.6 is 0 Å². The summed E-state index contributed by atoms with van der Waals surface area (Å²) in [6, 6.07) is -0.459. The predicted octanol–water partition coefficient (Wildman–Crippen LogP) is -0.167. The van der Waals surface area contributed by atoms with Crippen LogP contribution in [0.3, 0.4) is 0 Å². The topological polar surface area (TPSA) is 66.5 Å². The van der Waals surface area contributed by atoms with Crippen LogP contribution in [0.25, 0.3) is 0 Å². The Morgan fingerprint density at radius 1 is 1.47 bits per heavy atom. The van der Waals surface area contributed by atoms with Crippen LogP contribution in [-0.2, 0) is 9.84 Å². The minimum absolute atomic E-state index is 0.0952. The first-order valence-electron chi connectivity index (χ1n) is 5.16. The molecule has 2 fully saturated rings. The van der Waals surface area contributed by atoms with E-state index >= 15 is 0 Å². The van der Waals surface area contributed by atoms with Crippen molar-refractivity contribution in [3.63, 3.8) is 0 Å². The van der Waals surface area contributed by atoms with E-state index in [2.05, 4.69) is 5.32 Å². The fourth-order valence-corrected chi connectivity index (χ4v) is 4.20. The summed E-state index contributed by atoms with van der Waals surface area (Å²) in [5.41, 5.74) is 0. The van der Waals surface area contributed by atoms with Gasteiger partial charge in [0, 0.05) is 6.54 Å². The number of sulfone groups is 1. The molecule has 0 saturated carbocycles. The number of carbonyl (C=O) groups excluding carboxylic acids is 1. The van der Waals surface area contributed by atoms with Crippen molar-refractivity contribution in [3.8, 4) is 0 Å². The predicted molar refractivity (Wildman–Crippen MR) is 56.3 cm³/mol. The molecule has 2 atom stereocenters. The van der Waals surface area contributed by atoms with Crippen LogP contribution in [0, 0.1) is 5.92 Å². The van der Waals surface area contributed by atoms with E-state index in [-0.39, 0.29) is 29.6 Å². The highest BCUT2D eigenvalue weighted by atomic mass is 32.2. The zero-order valence-electron chi connectivity index (χ0n) is 8.93. The Hall–Kier alpha value is -0.780. The molecule has 2 amide bonds. The Bertz CT molecular complexity index is 377. The summed E-state index contributed by atoms with van der Waals surface area (Å²) < 4.78 is 22.8. The molecule has 0 aromatic heterocycles. The number of fused-ring (bicyclic) bond motifs is 1. The average molecular weight is 232 g/mol. The molecule has 86 valence electrons. The van der Waals surface area contributed by atoms with Crippen LogP contribution in [0.15, 0.2) is 0 Å². The summed E-state index contributed by atoms with van der Waals surface area (Å²) in [5, 5.41) is 2.73. The quantitative estimate of drug-likeness (QED) is 0.672. The molecule has 2 heterocycles. The van der Waals surface area contributed by atoms with Gasteiger partial charge in [0.15, 0.2) is 9.84 Å². The lowest BCUT2D eigenvalue weighted by atomic mass is 10.1. The summed E-state index contributed by atoms with van der Waals surface area (Å²) in [4.78, 5) is 13.2. The molecule has 0 aromatic carbocycles. The third-order valence-electron chi connectivity index (χ3n) is 2.85. The molecule has 1 N–H and O–H groups in total. The second kappa shape index (κ2) is 3.37. The van der Waals surface area contributed by atoms with Gasteiger partial charge in [-0.25, -0.2) is 13.2 Å². The number of urea groups is 1. The highest BCUT2D eigenvalue weighted by Crippen LogP contribution is 2.24. The van der Waals surface area contributed by atoms with Crippen LogP contribution in [0.1, 0.15) is 13.8 Å². The number of amides is 2. The maximum absolute atomic E-state index is 11.6. The zero-order valence-corrected chi connectivity index (χ0v) is 9.75. The van der Waals surface area contributed by atoms with E-state index in [1.54, 1.807) is 4.90 Å². The van der Waals surface area contributed by atoms with Gasteiger partial charge in [-0.1, -0.05) is 13.8 Å². The van der Waals surface area contributed by atoms with E-state index in [4.69, 9.17) is 0 Å². The monoisotopic (exact) mass is 232 g/mol. The van der Waals surface area contributed by atoms with Crippen molar-refractivity contribution in [3.05, 3.63) is 0 Å². The van der Waals surface area contributed by atoms with Gasteiger partial charge in [-0.15, -0.1) is 0 Å². The maximum atomic E-state index is 11.6. The second-order valence-electron chi connectivity index (χ2n) is 4.75. The van der Waals surface area contributed by atoms with Gasteiger partial charge in [0.25, 0.3) is 0 Å². The minimum Gasteiger partial charge on any atom is -0.332 e. The van der Waals surface area contributed by atoms with E-state index in [1.807, 2.05) is 13.8 Å². The van der Waals surface area contributed by atoms with Crippen LogP contribution in [0.4, 0.5) is 4.79 Å². The molecule has 0 aliphatic carbocycles. The molecule has 0 spiro atoms. The molecule has 15 heavy (non-hydrogen) atoms. The molecule has 2 rings (SSSR count). The van der Waals surface area contributed by atoms with Crippen molar-refractivity contribution in [2.75, 3.05) is 18.1 Å². The normalized spacial score (nSPS) is 33.3. The molecular formula is C9H16N2O3S. The van der Waals surface area contributed by atoms with Crippen molar-refractivity contribution in [1.82, 2.24) is 10.2 Å². The summed E-state index contributed by atoms with van der Waals surface area (Å²) in [6.45, 7) is 4.66. The Labute approximate surface area is 89.7 Å². The average Bonchev–Trinajstić information content (AvgIpc) is 2.47. The van der Waals surface area contributed by atoms with Gasteiger partial charge in [-0.05, 0) is 5.92 Å². The van der Waals surface area contributed by atoms with E-state index < -0.39 is 9.84 Å². The minimum atomic E-state index is -2.95. The van der Waals surface area contributed by atoms with E-state index in [9.17, 15) is 13.2 Å².